The number of carbonyl (C=O) groups excluding carboxylic acids is 2. The quantitative estimate of drug-likeness (QED) is 0.596. The highest BCUT2D eigenvalue weighted by atomic mass is 16.3. The number of anilines is 1. The zero-order valence-electron chi connectivity index (χ0n) is 13.7. The first kappa shape index (κ1) is 15.7. The molecule has 128 valence electrons. The van der Waals surface area contributed by atoms with Crippen LogP contribution in [-0.4, -0.2) is 23.5 Å². The lowest BCUT2D eigenvalue weighted by molar-refractivity contribution is -0.136. The highest BCUT2D eigenvalue weighted by Gasteiger charge is 2.35. The highest BCUT2D eigenvalue weighted by Crippen LogP contribution is 2.42. The summed E-state index contributed by atoms with van der Waals surface area (Å²) in [4.78, 5) is 24.3. The summed E-state index contributed by atoms with van der Waals surface area (Å²) in [6.45, 7) is 0.536. The van der Waals surface area contributed by atoms with E-state index >= 15 is 0 Å². The van der Waals surface area contributed by atoms with E-state index in [0.29, 0.717) is 40.8 Å². The first-order chi connectivity index (χ1) is 12.1. The van der Waals surface area contributed by atoms with E-state index in [4.69, 9.17) is 0 Å². The van der Waals surface area contributed by atoms with E-state index in [1.807, 2.05) is 0 Å². The standard InChI is InChI=1S/C20H20N2O3/c23-18-6-2-3-15-16(18)4-1-5-17(15)22-20(25)19(24)21-11-14-10-12-7-8-13(14)9-12/h1-8,12-14,23H,9-11H2,(H,21,24)(H,22,25). The third-order valence-electron chi connectivity index (χ3n) is 5.29. The van der Waals surface area contributed by atoms with Crippen LogP contribution >= 0.6 is 0 Å². The number of hydrogen-bond acceptors (Lipinski definition) is 3. The smallest absolute Gasteiger partial charge is 0.313 e. The largest absolute Gasteiger partial charge is 0.507 e. The molecule has 2 aromatic carbocycles. The minimum Gasteiger partial charge on any atom is -0.507 e. The van der Waals surface area contributed by atoms with Crippen LogP contribution in [0.5, 0.6) is 5.75 Å². The third-order valence-corrected chi connectivity index (χ3v) is 5.29. The van der Waals surface area contributed by atoms with Gasteiger partial charge in [0, 0.05) is 23.0 Å². The molecule has 0 saturated heterocycles. The molecule has 0 spiro atoms. The normalized spacial score (nSPS) is 23.8. The van der Waals surface area contributed by atoms with Gasteiger partial charge < -0.3 is 15.7 Å². The second-order valence-corrected chi connectivity index (χ2v) is 6.88. The summed E-state index contributed by atoms with van der Waals surface area (Å²) >= 11 is 0. The number of fused-ring (bicyclic) bond motifs is 3. The number of aromatic hydroxyl groups is 1. The molecule has 25 heavy (non-hydrogen) atoms. The average Bonchev–Trinajstić information content (AvgIpc) is 3.23. The number of phenols is 1. The zero-order chi connectivity index (χ0) is 17.4. The van der Waals surface area contributed by atoms with Gasteiger partial charge in [-0.05, 0) is 42.7 Å². The van der Waals surface area contributed by atoms with Gasteiger partial charge in [-0.1, -0.05) is 36.4 Å². The van der Waals surface area contributed by atoms with Crippen molar-refractivity contribution in [3.05, 3.63) is 48.6 Å². The van der Waals surface area contributed by atoms with Gasteiger partial charge in [0.15, 0.2) is 0 Å². The van der Waals surface area contributed by atoms with Gasteiger partial charge in [0.25, 0.3) is 0 Å². The summed E-state index contributed by atoms with van der Waals surface area (Å²) in [6.07, 6.45) is 6.75. The van der Waals surface area contributed by atoms with Crippen molar-refractivity contribution in [3.8, 4) is 5.75 Å². The maximum atomic E-state index is 12.2. The van der Waals surface area contributed by atoms with Crippen molar-refractivity contribution in [1.82, 2.24) is 5.32 Å². The average molecular weight is 336 g/mol. The van der Waals surface area contributed by atoms with Crippen molar-refractivity contribution < 1.29 is 14.7 Å². The summed E-state index contributed by atoms with van der Waals surface area (Å²) in [5, 5.41) is 16.6. The van der Waals surface area contributed by atoms with Crippen LogP contribution in [0.25, 0.3) is 10.8 Å². The monoisotopic (exact) mass is 336 g/mol. The number of phenolic OH excluding ortho intramolecular Hbond substituents is 1. The molecule has 2 bridgehead atoms. The van der Waals surface area contributed by atoms with E-state index < -0.39 is 11.8 Å². The van der Waals surface area contributed by atoms with Crippen molar-refractivity contribution in [3.63, 3.8) is 0 Å². The summed E-state index contributed by atoms with van der Waals surface area (Å²) in [7, 11) is 0. The molecule has 0 heterocycles. The van der Waals surface area contributed by atoms with Crippen LogP contribution in [0.1, 0.15) is 12.8 Å². The lowest BCUT2D eigenvalue weighted by atomic mass is 9.94. The van der Waals surface area contributed by atoms with Gasteiger partial charge in [0.05, 0.1) is 0 Å². The molecule has 3 atom stereocenters. The molecular weight excluding hydrogens is 316 g/mol. The Balaban J connectivity index is 1.41. The predicted molar refractivity (Wildman–Crippen MR) is 96.1 cm³/mol. The molecule has 3 N–H and O–H groups in total. The van der Waals surface area contributed by atoms with Gasteiger partial charge in [-0.25, -0.2) is 0 Å². The second-order valence-electron chi connectivity index (χ2n) is 6.88. The SMILES string of the molecule is O=C(NCC1CC2C=CC1C2)C(=O)Nc1cccc2c(O)cccc12. The van der Waals surface area contributed by atoms with Gasteiger partial charge in [-0.15, -0.1) is 0 Å². The number of nitrogens with one attached hydrogen (secondary N) is 2. The summed E-state index contributed by atoms with van der Waals surface area (Å²) in [5.74, 6) is 0.445. The number of amides is 2. The molecule has 1 saturated carbocycles. The van der Waals surface area contributed by atoms with Crippen molar-refractivity contribution in [1.29, 1.82) is 0 Å². The molecule has 0 radical (unpaired) electrons. The zero-order valence-corrected chi connectivity index (χ0v) is 13.7. The van der Waals surface area contributed by atoms with E-state index in [1.54, 1.807) is 36.4 Å². The second kappa shape index (κ2) is 6.24. The maximum absolute atomic E-state index is 12.2. The van der Waals surface area contributed by atoms with Gasteiger partial charge >= 0.3 is 11.8 Å². The Bertz CT molecular complexity index is 874. The molecule has 0 aromatic heterocycles. The molecule has 3 unspecified atom stereocenters. The Morgan fingerprint density at radius 2 is 1.80 bits per heavy atom. The van der Waals surface area contributed by atoms with E-state index in [0.717, 1.165) is 6.42 Å². The first-order valence-corrected chi connectivity index (χ1v) is 8.60. The van der Waals surface area contributed by atoms with E-state index in [1.165, 1.54) is 6.42 Å². The Morgan fingerprint density at radius 3 is 2.56 bits per heavy atom. The molecule has 5 heteroatoms. The molecule has 2 aliphatic carbocycles. The topological polar surface area (TPSA) is 78.4 Å². The van der Waals surface area contributed by atoms with Crippen LogP contribution < -0.4 is 10.6 Å². The Hall–Kier alpha value is -2.82. The van der Waals surface area contributed by atoms with E-state index in [9.17, 15) is 14.7 Å². The van der Waals surface area contributed by atoms with Gasteiger partial charge in [0.1, 0.15) is 5.75 Å². The fourth-order valence-corrected chi connectivity index (χ4v) is 4.01. The molecule has 0 aliphatic heterocycles. The van der Waals surface area contributed by atoms with Crippen molar-refractivity contribution >= 4 is 28.3 Å². The fraction of sp³-hybridized carbons (Fsp3) is 0.300. The summed E-state index contributed by atoms with van der Waals surface area (Å²) in [5.41, 5.74) is 0.511. The summed E-state index contributed by atoms with van der Waals surface area (Å²) < 4.78 is 0. The van der Waals surface area contributed by atoms with E-state index in [-0.39, 0.29) is 5.75 Å². The van der Waals surface area contributed by atoms with Crippen LogP contribution in [0, 0.1) is 17.8 Å². The van der Waals surface area contributed by atoms with Crippen LogP contribution in [0.3, 0.4) is 0 Å². The first-order valence-electron chi connectivity index (χ1n) is 8.60. The molecule has 2 aliphatic rings. The van der Waals surface area contributed by atoms with Crippen LogP contribution in [0.2, 0.25) is 0 Å². The number of carbonyl (C=O) groups is 2. The number of rotatable bonds is 3. The third kappa shape index (κ3) is 2.97. The molecule has 2 aromatic rings. The van der Waals surface area contributed by atoms with Crippen LogP contribution in [0.4, 0.5) is 5.69 Å². The Labute approximate surface area is 145 Å². The van der Waals surface area contributed by atoms with Crippen LogP contribution in [0.15, 0.2) is 48.6 Å². The molecule has 2 amide bonds. The predicted octanol–water partition coefficient (Wildman–Crippen LogP) is 2.81. The van der Waals surface area contributed by atoms with Crippen molar-refractivity contribution in [2.75, 3.05) is 11.9 Å². The summed E-state index contributed by atoms with van der Waals surface area (Å²) in [6, 6.07) is 10.3. The highest BCUT2D eigenvalue weighted by molar-refractivity contribution is 6.40. The molecule has 5 nitrogen and oxygen atoms in total. The number of allylic oxidation sites excluding steroid dienone is 2. The Morgan fingerprint density at radius 1 is 1.00 bits per heavy atom. The fourth-order valence-electron chi connectivity index (χ4n) is 4.01. The van der Waals surface area contributed by atoms with Gasteiger partial charge in [-0.3, -0.25) is 9.59 Å². The number of hydrogen-bond donors (Lipinski definition) is 3. The molecule has 1 fully saturated rings. The lowest BCUT2D eigenvalue weighted by Gasteiger charge is -2.18. The lowest BCUT2D eigenvalue weighted by Crippen LogP contribution is -2.38. The van der Waals surface area contributed by atoms with Gasteiger partial charge in [-0.2, -0.15) is 0 Å². The molecule has 4 rings (SSSR count). The van der Waals surface area contributed by atoms with Crippen molar-refractivity contribution in [2.24, 2.45) is 17.8 Å². The van der Waals surface area contributed by atoms with Crippen LogP contribution in [-0.2, 0) is 9.59 Å². The minimum absolute atomic E-state index is 0.141. The Kier molecular flexibility index (Phi) is 3.92. The maximum Gasteiger partial charge on any atom is 0.313 e. The number of benzene rings is 2. The minimum atomic E-state index is -0.686. The van der Waals surface area contributed by atoms with Crippen molar-refractivity contribution in [2.45, 2.75) is 12.8 Å². The van der Waals surface area contributed by atoms with E-state index in [2.05, 4.69) is 22.8 Å². The molecular formula is C20H20N2O3. The van der Waals surface area contributed by atoms with Gasteiger partial charge in [0.2, 0.25) is 0 Å².